The molecule has 2 aliphatic carbocycles. The lowest BCUT2D eigenvalue weighted by atomic mass is 9.91. The molecule has 0 aromatic carbocycles. The standard InChI is InChI=1S/C18H30N2O/c1-13(2)18(21)19-10-15-4-3-7-20(11-15)12-17-9-14-5-6-16(17)8-14/h5-6,13-17H,3-4,7-12H2,1-2H3,(H,19,21)/t14-,15+,16-,17-/m0/s1. The molecule has 1 heterocycles. The van der Waals surface area contributed by atoms with E-state index in [-0.39, 0.29) is 11.8 Å². The maximum atomic E-state index is 11.7. The summed E-state index contributed by atoms with van der Waals surface area (Å²) >= 11 is 0. The highest BCUT2D eigenvalue weighted by Crippen LogP contribution is 2.43. The van der Waals surface area contributed by atoms with E-state index in [4.69, 9.17) is 0 Å². The van der Waals surface area contributed by atoms with Crippen LogP contribution in [-0.2, 0) is 4.79 Å². The van der Waals surface area contributed by atoms with Gasteiger partial charge >= 0.3 is 0 Å². The zero-order valence-electron chi connectivity index (χ0n) is 13.6. The predicted octanol–water partition coefficient (Wildman–Crippen LogP) is 2.68. The van der Waals surface area contributed by atoms with E-state index in [0.29, 0.717) is 5.92 Å². The Hall–Kier alpha value is -0.830. The first-order valence-electron chi connectivity index (χ1n) is 8.80. The van der Waals surface area contributed by atoms with E-state index in [1.807, 2.05) is 13.8 Å². The molecule has 0 aromatic heterocycles. The molecule has 2 fully saturated rings. The molecule has 3 heteroatoms. The van der Waals surface area contributed by atoms with Crippen LogP contribution in [0.2, 0.25) is 0 Å². The predicted molar refractivity (Wildman–Crippen MR) is 85.9 cm³/mol. The van der Waals surface area contributed by atoms with Gasteiger partial charge in [-0.1, -0.05) is 26.0 Å². The van der Waals surface area contributed by atoms with Crippen molar-refractivity contribution < 1.29 is 4.79 Å². The highest BCUT2D eigenvalue weighted by atomic mass is 16.1. The molecular weight excluding hydrogens is 260 g/mol. The Kier molecular flexibility index (Phi) is 4.68. The van der Waals surface area contributed by atoms with Gasteiger partial charge in [0.05, 0.1) is 0 Å². The first kappa shape index (κ1) is 15.1. The van der Waals surface area contributed by atoms with Crippen molar-refractivity contribution >= 4 is 5.91 Å². The highest BCUT2D eigenvalue weighted by Gasteiger charge is 2.36. The van der Waals surface area contributed by atoms with Crippen LogP contribution in [0.25, 0.3) is 0 Å². The van der Waals surface area contributed by atoms with E-state index in [1.54, 1.807) is 0 Å². The number of rotatable bonds is 5. The Morgan fingerprint density at radius 3 is 2.86 bits per heavy atom. The number of carbonyl (C=O) groups is 1. The molecule has 2 bridgehead atoms. The van der Waals surface area contributed by atoms with E-state index in [9.17, 15) is 4.79 Å². The molecule has 4 atom stereocenters. The topological polar surface area (TPSA) is 32.3 Å². The second kappa shape index (κ2) is 6.51. The number of nitrogens with one attached hydrogen (secondary N) is 1. The lowest BCUT2D eigenvalue weighted by Crippen LogP contribution is -2.43. The third-order valence-electron chi connectivity index (χ3n) is 5.60. The minimum absolute atomic E-state index is 0.102. The zero-order chi connectivity index (χ0) is 14.8. The SMILES string of the molecule is CC(C)C(=O)NC[C@H]1CCCN(C[C@@H]2C[C@H]3C=C[C@H]2C3)C1. The summed E-state index contributed by atoms with van der Waals surface area (Å²) in [5.74, 6) is 3.58. The first-order chi connectivity index (χ1) is 10.1. The minimum atomic E-state index is 0.102. The number of nitrogens with zero attached hydrogens (tertiary/aromatic N) is 1. The van der Waals surface area contributed by atoms with Crippen LogP contribution in [-0.4, -0.2) is 37.0 Å². The summed E-state index contributed by atoms with van der Waals surface area (Å²) in [4.78, 5) is 14.4. The van der Waals surface area contributed by atoms with Crippen LogP contribution < -0.4 is 5.32 Å². The zero-order valence-corrected chi connectivity index (χ0v) is 13.6. The molecule has 3 nitrogen and oxygen atoms in total. The quantitative estimate of drug-likeness (QED) is 0.790. The number of piperidine rings is 1. The van der Waals surface area contributed by atoms with Gasteiger partial charge in [0.25, 0.3) is 0 Å². The molecule has 3 aliphatic rings. The Morgan fingerprint density at radius 1 is 1.33 bits per heavy atom. The lowest BCUT2D eigenvalue weighted by Gasteiger charge is -2.35. The summed E-state index contributed by atoms with van der Waals surface area (Å²) in [5, 5.41) is 3.12. The minimum Gasteiger partial charge on any atom is -0.356 e. The van der Waals surface area contributed by atoms with Crippen LogP contribution in [0.15, 0.2) is 12.2 Å². The molecule has 1 aliphatic heterocycles. The van der Waals surface area contributed by atoms with Crippen LogP contribution in [0.1, 0.15) is 39.5 Å². The molecule has 3 rings (SSSR count). The fraction of sp³-hybridized carbons (Fsp3) is 0.833. The Balaban J connectivity index is 1.43. The van der Waals surface area contributed by atoms with Gasteiger partial charge in [0.15, 0.2) is 0 Å². The van der Waals surface area contributed by atoms with Crippen LogP contribution >= 0.6 is 0 Å². The first-order valence-corrected chi connectivity index (χ1v) is 8.80. The van der Waals surface area contributed by atoms with Crippen molar-refractivity contribution in [1.29, 1.82) is 0 Å². The summed E-state index contributed by atoms with van der Waals surface area (Å²) in [6.07, 6.45) is 10.3. The number of fused-ring (bicyclic) bond motifs is 2. The van der Waals surface area contributed by atoms with Gasteiger partial charge in [-0.3, -0.25) is 4.79 Å². The number of hydrogen-bond donors (Lipinski definition) is 1. The number of amides is 1. The van der Waals surface area contributed by atoms with Gasteiger partial charge in [0.1, 0.15) is 0 Å². The van der Waals surface area contributed by atoms with Crippen LogP contribution in [0.3, 0.4) is 0 Å². The molecule has 1 amide bonds. The van der Waals surface area contributed by atoms with Gasteiger partial charge < -0.3 is 10.2 Å². The van der Waals surface area contributed by atoms with Crippen LogP contribution in [0, 0.1) is 29.6 Å². The third-order valence-corrected chi connectivity index (χ3v) is 5.60. The lowest BCUT2D eigenvalue weighted by molar-refractivity contribution is -0.124. The van der Waals surface area contributed by atoms with Crippen molar-refractivity contribution in [2.75, 3.05) is 26.2 Å². The molecule has 118 valence electrons. The van der Waals surface area contributed by atoms with Crippen molar-refractivity contribution in [2.24, 2.45) is 29.6 Å². The molecule has 1 N–H and O–H groups in total. The summed E-state index contributed by atoms with van der Waals surface area (Å²) in [6.45, 7) is 8.50. The largest absolute Gasteiger partial charge is 0.356 e. The molecule has 0 spiro atoms. The normalized spacial score (nSPS) is 35.6. The molecule has 0 aromatic rings. The van der Waals surface area contributed by atoms with Crippen molar-refractivity contribution in [3.8, 4) is 0 Å². The van der Waals surface area contributed by atoms with Crippen molar-refractivity contribution in [1.82, 2.24) is 10.2 Å². The molecule has 1 saturated carbocycles. The van der Waals surface area contributed by atoms with E-state index in [0.717, 1.165) is 24.3 Å². The van der Waals surface area contributed by atoms with E-state index < -0.39 is 0 Å². The highest BCUT2D eigenvalue weighted by molar-refractivity contribution is 5.77. The van der Waals surface area contributed by atoms with Gasteiger partial charge in [0.2, 0.25) is 5.91 Å². The second-order valence-electron chi connectivity index (χ2n) is 7.71. The summed E-state index contributed by atoms with van der Waals surface area (Å²) in [5.41, 5.74) is 0. The van der Waals surface area contributed by atoms with Crippen LogP contribution in [0.5, 0.6) is 0 Å². The number of carbonyl (C=O) groups excluding carboxylic acids is 1. The summed E-state index contributed by atoms with van der Waals surface area (Å²) in [7, 11) is 0. The molecule has 0 unspecified atom stereocenters. The molecular formula is C18H30N2O. The number of allylic oxidation sites excluding steroid dienone is 2. The molecule has 1 saturated heterocycles. The summed E-state index contributed by atoms with van der Waals surface area (Å²) in [6, 6.07) is 0. The third kappa shape index (κ3) is 3.68. The van der Waals surface area contributed by atoms with Crippen molar-refractivity contribution in [2.45, 2.75) is 39.5 Å². The maximum absolute atomic E-state index is 11.7. The Morgan fingerprint density at radius 2 is 2.19 bits per heavy atom. The van der Waals surface area contributed by atoms with E-state index in [2.05, 4.69) is 22.4 Å². The average Bonchev–Trinajstić information content (AvgIpc) is 3.07. The monoisotopic (exact) mass is 290 g/mol. The fourth-order valence-corrected chi connectivity index (χ4v) is 4.37. The summed E-state index contributed by atoms with van der Waals surface area (Å²) < 4.78 is 0. The molecule has 0 radical (unpaired) electrons. The Bertz CT molecular complexity index is 404. The number of hydrogen-bond acceptors (Lipinski definition) is 2. The van der Waals surface area contributed by atoms with Gasteiger partial charge in [0, 0.05) is 25.6 Å². The number of likely N-dealkylation sites (tertiary alicyclic amines) is 1. The van der Waals surface area contributed by atoms with Gasteiger partial charge in [-0.05, 0) is 55.9 Å². The van der Waals surface area contributed by atoms with Gasteiger partial charge in [-0.15, -0.1) is 0 Å². The average molecular weight is 290 g/mol. The molecule has 21 heavy (non-hydrogen) atoms. The van der Waals surface area contributed by atoms with Crippen molar-refractivity contribution in [3.05, 3.63) is 12.2 Å². The van der Waals surface area contributed by atoms with Crippen molar-refractivity contribution in [3.63, 3.8) is 0 Å². The van der Waals surface area contributed by atoms with E-state index in [1.165, 1.54) is 45.3 Å². The second-order valence-corrected chi connectivity index (χ2v) is 7.71. The van der Waals surface area contributed by atoms with Crippen LogP contribution in [0.4, 0.5) is 0 Å². The van der Waals surface area contributed by atoms with E-state index >= 15 is 0 Å². The Labute approximate surface area is 129 Å². The maximum Gasteiger partial charge on any atom is 0.222 e. The smallest absolute Gasteiger partial charge is 0.222 e. The van der Waals surface area contributed by atoms with Gasteiger partial charge in [-0.2, -0.15) is 0 Å². The van der Waals surface area contributed by atoms with Gasteiger partial charge in [-0.25, -0.2) is 0 Å². The fourth-order valence-electron chi connectivity index (χ4n) is 4.37.